The molecule has 0 atom stereocenters. The first-order valence-electron chi connectivity index (χ1n) is 11.2. The molecule has 0 spiro atoms. The van der Waals surface area contributed by atoms with Gasteiger partial charge in [-0.25, -0.2) is 14.6 Å². The highest BCUT2D eigenvalue weighted by molar-refractivity contribution is 8.04. The molecular formula is C27H23N3O7S. The molecule has 0 radical (unpaired) electrons. The lowest BCUT2D eigenvalue weighted by atomic mass is 10.1. The zero-order chi connectivity index (χ0) is 27.1. The van der Waals surface area contributed by atoms with E-state index in [1.807, 2.05) is 0 Å². The quantitative estimate of drug-likeness (QED) is 0.178. The van der Waals surface area contributed by atoms with Gasteiger partial charge in [0.2, 0.25) is 5.16 Å². The molecule has 1 aromatic heterocycles. The van der Waals surface area contributed by atoms with Crippen molar-refractivity contribution in [2.75, 3.05) is 14.2 Å². The first-order chi connectivity index (χ1) is 18.3. The number of hydrogen-bond acceptors (Lipinski definition) is 8. The van der Waals surface area contributed by atoms with Gasteiger partial charge in [0.25, 0.3) is 0 Å². The van der Waals surface area contributed by atoms with Crippen LogP contribution >= 0.6 is 11.8 Å². The van der Waals surface area contributed by atoms with Crippen molar-refractivity contribution >= 4 is 29.8 Å². The van der Waals surface area contributed by atoms with E-state index in [1.165, 1.54) is 18.2 Å². The molecule has 0 saturated heterocycles. The SMILES string of the molecule is COc1cc(OC)cc(-c2nc(S/C(=C\c3ccc(OCc4ccc(C(=O)O)cc4)cc3)C(=O)O)n[nH]2)c1. The second-order valence-corrected chi connectivity index (χ2v) is 8.85. The summed E-state index contributed by atoms with van der Waals surface area (Å²) in [5.41, 5.74) is 2.36. The summed E-state index contributed by atoms with van der Waals surface area (Å²) in [6.07, 6.45) is 1.52. The number of thioether (sulfide) groups is 1. The van der Waals surface area contributed by atoms with Gasteiger partial charge in [-0.1, -0.05) is 24.3 Å². The Kier molecular flexibility index (Phi) is 8.29. The fourth-order valence-electron chi connectivity index (χ4n) is 3.32. The van der Waals surface area contributed by atoms with Crippen molar-refractivity contribution < 1.29 is 34.0 Å². The van der Waals surface area contributed by atoms with Crippen LogP contribution in [0.4, 0.5) is 0 Å². The van der Waals surface area contributed by atoms with Crippen LogP contribution in [-0.2, 0) is 11.4 Å². The lowest BCUT2D eigenvalue weighted by Gasteiger charge is -2.07. The van der Waals surface area contributed by atoms with Crippen molar-refractivity contribution in [3.05, 3.63) is 88.3 Å². The average molecular weight is 534 g/mol. The number of ether oxygens (including phenoxy) is 3. The maximum atomic E-state index is 11.9. The van der Waals surface area contributed by atoms with Crippen molar-refractivity contribution in [1.29, 1.82) is 0 Å². The molecule has 0 aliphatic rings. The van der Waals surface area contributed by atoms with E-state index in [4.69, 9.17) is 19.3 Å². The first kappa shape index (κ1) is 26.3. The van der Waals surface area contributed by atoms with E-state index in [1.54, 1.807) is 68.8 Å². The van der Waals surface area contributed by atoms with Gasteiger partial charge in [0.15, 0.2) is 5.82 Å². The molecular weight excluding hydrogens is 510 g/mol. The predicted octanol–water partition coefficient (Wildman–Crippen LogP) is 4.98. The summed E-state index contributed by atoms with van der Waals surface area (Å²) in [5, 5.41) is 25.9. The van der Waals surface area contributed by atoms with Crippen LogP contribution in [0.1, 0.15) is 21.5 Å². The van der Waals surface area contributed by atoms with Gasteiger partial charge in [-0.3, -0.25) is 5.10 Å². The van der Waals surface area contributed by atoms with Crippen LogP contribution in [0.5, 0.6) is 17.2 Å². The van der Waals surface area contributed by atoms with Crippen LogP contribution in [0, 0.1) is 0 Å². The molecule has 0 saturated carbocycles. The second kappa shape index (κ2) is 12.0. The minimum Gasteiger partial charge on any atom is -0.497 e. The smallest absolute Gasteiger partial charge is 0.342 e. The Labute approximate surface area is 221 Å². The van der Waals surface area contributed by atoms with Gasteiger partial charge in [-0.2, -0.15) is 0 Å². The molecule has 0 aliphatic carbocycles. The molecule has 0 amide bonds. The Morgan fingerprint density at radius 3 is 2.16 bits per heavy atom. The lowest BCUT2D eigenvalue weighted by molar-refractivity contribution is -0.131. The number of aromatic amines is 1. The molecule has 194 valence electrons. The van der Waals surface area contributed by atoms with Gasteiger partial charge in [0.05, 0.1) is 19.8 Å². The Morgan fingerprint density at radius 1 is 0.921 bits per heavy atom. The Bertz CT molecular complexity index is 1440. The number of H-pyrrole nitrogens is 1. The summed E-state index contributed by atoms with van der Waals surface area (Å²) < 4.78 is 16.3. The molecule has 1 heterocycles. The van der Waals surface area contributed by atoms with Crippen LogP contribution < -0.4 is 14.2 Å². The standard InChI is InChI=1S/C27H23N3O7S/c1-35-21-12-19(13-22(14-21)36-2)24-28-27(30-29-24)38-23(26(33)34)11-16-5-9-20(10-6-16)37-15-17-3-7-18(8-4-17)25(31)32/h3-14H,15H2,1-2H3,(H,31,32)(H,33,34)(H,28,29,30)/b23-11-. The number of aromatic nitrogens is 3. The highest BCUT2D eigenvalue weighted by Crippen LogP contribution is 2.31. The number of hydrogen-bond donors (Lipinski definition) is 3. The molecule has 38 heavy (non-hydrogen) atoms. The summed E-state index contributed by atoms with van der Waals surface area (Å²) in [6.45, 7) is 0.262. The summed E-state index contributed by atoms with van der Waals surface area (Å²) in [4.78, 5) is 27.3. The predicted molar refractivity (Wildman–Crippen MR) is 141 cm³/mol. The fourth-order valence-corrected chi connectivity index (χ4v) is 4.03. The third-order valence-corrected chi connectivity index (χ3v) is 6.16. The van der Waals surface area contributed by atoms with Crippen molar-refractivity contribution in [2.45, 2.75) is 11.8 Å². The minimum absolute atomic E-state index is 0.0333. The summed E-state index contributed by atoms with van der Waals surface area (Å²) in [7, 11) is 3.09. The Morgan fingerprint density at radius 2 is 1.58 bits per heavy atom. The van der Waals surface area contributed by atoms with Gasteiger partial charge in [-0.05, 0) is 65.4 Å². The summed E-state index contributed by atoms with van der Waals surface area (Å²) >= 11 is 0.914. The third kappa shape index (κ3) is 6.71. The molecule has 0 fully saturated rings. The highest BCUT2D eigenvalue weighted by atomic mass is 32.2. The van der Waals surface area contributed by atoms with Gasteiger partial charge < -0.3 is 24.4 Å². The Hall–Kier alpha value is -4.77. The molecule has 3 aromatic carbocycles. The molecule has 0 bridgehead atoms. The normalized spacial score (nSPS) is 11.2. The molecule has 0 aliphatic heterocycles. The second-order valence-electron chi connectivity index (χ2n) is 7.84. The largest absolute Gasteiger partial charge is 0.497 e. The number of carbonyl (C=O) groups is 2. The highest BCUT2D eigenvalue weighted by Gasteiger charge is 2.15. The van der Waals surface area contributed by atoms with Crippen molar-refractivity contribution in [3.63, 3.8) is 0 Å². The van der Waals surface area contributed by atoms with Crippen LogP contribution in [0.25, 0.3) is 17.5 Å². The maximum Gasteiger partial charge on any atom is 0.342 e. The van der Waals surface area contributed by atoms with Gasteiger partial charge >= 0.3 is 11.9 Å². The number of aromatic carboxylic acids is 1. The van der Waals surface area contributed by atoms with Crippen molar-refractivity contribution in [2.24, 2.45) is 0 Å². The van der Waals surface area contributed by atoms with E-state index < -0.39 is 11.9 Å². The number of nitrogens with zero attached hydrogens (tertiary/aromatic N) is 2. The number of carboxylic acids is 2. The number of carboxylic acid groups (broad SMARTS) is 2. The monoisotopic (exact) mass is 533 g/mol. The fraction of sp³-hybridized carbons (Fsp3) is 0.111. The van der Waals surface area contributed by atoms with Crippen molar-refractivity contribution in [1.82, 2.24) is 15.2 Å². The average Bonchev–Trinajstić information content (AvgIpc) is 3.40. The van der Waals surface area contributed by atoms with E-state index in [0.29, 0.717) is 34.2 Å². The van der Waals surface area contributed by atoms with Crippen LogP contribution in [-0.4, -0.2) is 51.6 Å². The number of aliphatic carboxylic acids is 1. The van der Waals surface area contributed by atoms with Crippen LogP contribution in [0.15, 0.2) is 76.8 Å². The first-order valence-corrected chi connectivity index (χ1v) is 12.0. The summed E-state index contributed by atoms with van der Waals surface area (Å²) in [5.74, 6) is 0.0876. The zero-order valence-electron chi connectivity index (χ0n) is 20.4. The van der Waals surface area contributed by atoms with E-state index >= 15 is 0 Å². The minimum atomic E-state index is -1.12. The number of nitrogens with one attached hydrogen (secondary N) is 1. The zero-order valence-corrected chi connectivity index (χ0v) is 21.2. The molecule has 4 aromatic rings. The van der Waals surface area contributed by atoms with Crippen LogP contribution in [0.3, 0.4) is 0 Å². The van der Waals surface area contributed by atoms with Gasteiger partial charge in [0, 0.05) is 11.6 Å². The molecule has 10 nitrogen and oxygen atoms in total. The molecule has 0 unspecified atom stereocenters. The van der Waals surface area contributed by atoms with Crippen molar-refractivity contribution in [3.8, 4) is 28.6 Å². The topological polar surface area (TPSA) is 144 Å². The molecule has 11 heteroatoms. The van der Waals surface area contributed by atoms with Crippen LogP contribution in [0.2, 0.25) is 0 Å². The summed E-state index contributed by atoms with van der Waals surface area (Å²) in [6, 6.07) is 18.6. The van der Waals surface area contributed by atoms with Gasteiger partial charge in [0.1, 0.15) is 28.8 Å². The molecule has 3 N–H and O–H groups in total. The van der Waals surface area contributed by atoms with E-state index in [0.717, 1.165) is 17.3 Å². The Balaban J connectivity index is 1.43. The van der Waals surface area contributed by atoms with E-state index in [-0.39, 0.29) is 22.2 Å². The number of benzene rings is 3. The van der Waals surface area contributed by atoms with Gasteiger partial charge in [-0.15, -0.1) is 5.10 Å². The number of rotatable bonds is 11. The lowest BCUT2D eigenvalue weighted by Crippen LogP contribution is -1.99. The number of methoxy groups -OCH3 is 2. The maximum absolute atomic E-state index is 11.9. The van der Waals surface area contributed by atoms with E-state index in [2.05, 4.69) is 15.2 Å². The van der Waals surface area contributed by atoms with E-state index in [9.17, 15) is 14.7 Å². The molecule has 4 rings (SSSR count). The third-order valence-electron chi connectivity index (χ3n) is 5.29.